The molecule has 2 rings (SSSR count). The lowest BCUT2D eigenvalue weighted by molar-refractivity contribution is 0.0898. The lowest BCUT2D eigenvalue weighted by atomic mass is 9.85. The van der Waals surface area contributed by atoms with Gasteiger partial charge in [-0.25, -0.2) is 0 Å². The molecule has 0 saturated heterocycles. The minimum Gasteiger partial charge on any atom is -0.364 e. The molecule has 1 fully saturated rings. The molecule has 1 aliphatic carbocycles. The van der Waals surface area contributed by atoms with Gasteiger partial charge in [0.2, 0.25) is 0 Å². The molecular weight excluding hydrogens is 230 g/mol. The molecule has 18 heavy (non-hydrogen) atoms. The zero-order chi connectivity index (χ0) is 12.8. The number of carbonyl (C=O) groups excluding carboxylic acids is 1. The lowest BCUT2D eigenvalue weighted by Gasteiger charge is -2.29. The Labute approximate surface area is 106 Å². The molecule has 0 aliphatic heterocycles. The molecule has 5 nitrogen and oxygen atoms in total. The number of nitrogens with zero attached hydrogens (tertiary/aromatic N) is 2. The van der Waals surface area contributed by atoms with Crippen LogP contribution in [0.4, 0.5) is 0 Å². The van der Waals surface area contributed by atoms with Gasteiger partial charge in [0.15, 0.2) is 5.69 Å². The molecule has 1 heterocycles. The molecular formula is C13H17N3O2. The summed E-state index contributed by atoms with van der Waals surface area (Å²) in [7, 11) is 0. The van der Waals surface area contributed by atoms with Gasteiger partial charge >= 0.3 is 0 Å². The van der Waals surface area contributed by atoms with Gasteiger partial charge in [-0.2, -0.15) is 5.26 Å². The summed E-state index contributed by atoms with van der Waals surface area (Å²) in [6, 6.07) is 3.79. The summed E-state index contributed by atoms with van der Waals surface area (Å²) in [5.41, 5.74) is -0.511. The Balaban J connectivity index is 2.07. The molecule has 0 atom stereocenters. The second-order valence-corrected chi connectivity index (χ2v) is 4.80. The number of aromatic nitrogens is 1. The summed E-state index contributed by atoms with van der Waals surface area (Å²) in [5, 5.41) is 15.8. The Morgan fingerprint density at radius 3 is 2.56 bits per heavy atom. The Morgan fingerprint density at radius 1 is 1.33 bits per heavy atom. The van der Waals surface area contributed by atoms with Crippen LogP contribution < -0.4 is 5.32 Å². The first-order valence-electron chi connectivity index (χ1n) is 6.40. The van der Waals surface area contributed by atoms with Gasteiger partial charge in [0, 0.05) is 6.07 Å². The van der Waals surface area contributed by atoms with E-state index in [1.54, 1.807) is 0 Å². The zero-order valence-corrected chi connectivity index (χ0v) is 10.3. The summed E-state index contributed by atoms with van der Waals surface area (Å²) in [6.07, 6.45) is 8.22. The molecule has 0 radical (unpaired) electrons. The second kappa shape index (κ2) is 5.67. The van der Waals surface area contributed by atoms with Crippen molar-refractivity contribution in [2.45, 2.75) is 50.5 Å². The third-order valence-corrected chi connectivity index (χ3v) is 3.44. The lowest BCUT2D eigenvalue weighted by Crippen LogP contribution is -2.47. The van der Waals surface area contributed by atoms with Crippen LogP contribution in [0.15, 0.2) is 16.9 Å². The van der Waals surface area contributed by atoms with E-state index >= 15 is 0 Å². The highest BCUT2D eigenvalue weighted by Gasteiger charge is 2.32. The first-order chi connectivity index (χ1) is 8.76. The normalized spacial score (nSPS) is 19.3. The highest BCUT2D eigenvalue weighted by Crippen LogP contribution is 2.26. The second-order valence-electron chi connectivity index (χ2n) is 4.80. The van der Waals surface area contributed by atoms with Crippen molar-refractivity contribution in [3.05, 3.63) is 18.0 Å². The van der Waals surface area contributed by atoms with E-state index in [9.17, 15) is 10.1 Å². The average Bonchev–Trinajstić information content (AvgIpc) is 2.86. The third kappa shape index (κ3) is 2.89. The maximum absolute atomic E-state index is 12.0. The first-order valence-corrected chi connectivity index (χ1v) is 6.40. The molecule has 1 aromatic rings. The van der Waals surface area contributed by atoms with Crippen LogP contribution in [0.25, 0.3) is 0 Å². The van der Waals surface area contributed by atoms with Gasteiger partial charge in [0.05, 0.1) is 6.07 Å². The van der Waals surface area contributed by atoms with Gasteiger partial charge in [-0.05, 0) is 12.8 Å². The third-order valence-electron chi connectivity index (χ3n) is 3.44. The van der Waals surface area contributed by atoms with Crippen molar-refractivity contribution in [2.24, 2.45) is 0 Å². The number of amides is 1. The van der Waals surface area contributed by atoms with Crippen molar-refractivity contribution < 1.29 is 9.32 Å². The van der Waals surface area contributed by atoms with Gasteiger partial charge < -0.3 is 9.84 Å². The first kappa shape index (κ1) is 12.6. The number of hydrogen-bond acceptors (Lipinski definition) is 4. The number of nitrogens with one attached hydrogen (secondary N) is 1. The summed E-state index contributed by atoms with van der Waals surface area (Å²) in [4.78, 5) is 12.0. The van der Waals surface area contributed by atoms with Gasteiger partial charge in [0.25, 0.3) is 5.91 Å². The minimum absolute atomic E-state index is 0.228. The van der Waals surface area contributed by atoms with Crippen molar-refractivity contribution in [1.82, 2.24) is 10.5 Å². The number of hydrogen-bond donors (Lipinski definition) is 1. The topological polar surface area (TPSA) is 78.9 Å². The number of nitriles is 1. The van der Waals surface area contributed by atoms with E-state index in [1.807, 2.05) is 0 Å². The summed E-state index contributed by atoms with van der Waals surface area (Å²) >= 11 is 0. The van der Waals surface area contributed by atoms with Gasteiger partial charge in [-0.15, -0.1) is 0 Å². The molecule has 0 aromatic carbocycles. The molecule has 1 N–H and O–H groups in total. The summed E-state index contributed by atoms with van der Waals surface area (Å²) in [6.45, 7) is 0. The fourth-order valence-corrected chi connectivity index (χ4v) is 2.38. The molecule has 1 aromatic heterocycles. The Kier molecular flexibility index (Phi) is 3.98. The predicted octanol–water partition coefficient (Wildman–Crippen LogP) is 2.41. The van der Waals surface area contributed by atoms with Crippen molar-refractivity contribution in [1.29, 1.82) is 5.26 Å². The Hall–Kier alpha value is -1.83. The van der Waals surface area contributed by atoms with Crippen LogP contribution in [0, 0.1) is 11.3 Å². The maximum atomic E-state index is 12.0. The van der Waals surface area contributed by atoms with Crippen molar-refractivity contribution in [2.75, 3.05) is 0 Å². The highest BCUT2D eigenvalue weighted by atomic mass is 16.5. The fourth-order valence-electron chi connectivity index (χ4n) is 2.38. The number of rotatable bonds is 2. The largest absolute Gasteiger partial charge is 0.364 e. The summed E-state index contributed by atoms with van der Waals surface area (Å²) < 4.78 is 4.64. The standard InChI is InChI=1S/C13H17N3O2/c14-10-13(7-4-2-1-3-5-8-13)15-12(17)11-6-9-18-16-11/h6,9H,1-5,7-8H2,(H,15,17). The monoisotopic (exact) mass is 247 g/mol. The van der Waals surface area contributed by atoms with Crippen LogP contribution in [-0.4, -0.2) is 16.6 Å². The van der Waals surface area contributed by atoms with E-state index < -0.39 is 5.54 Å². The van der Waals surface area contributed by atoms with Gasteiger partial charge in [-0.1, -0.05) is 37.3 Å². The Morgan fingerprint density at radius 2 is 2.00 bits per heavy atom. The predicted molar refractivity (Wildman–Crippen MR) is 64.6 cm³/mol. The molecule has 1 amide bonds. The van der Waals surface area contributed by atoms with E-state index in [-0.39, 0.29) is 11.6 Å². The fraction of sp³-hybridized carbons (Fsp3) is 0.615. The highest BCUT2D eigenvalue weighted by molar-refractivity contribution is 5.92. The van der Waals surface area contributed by atoms with Crippen LogP contribution in [0.3, 0.4) is 0 Å². The van der Waals surface area contributed by atoms with E-state index in [4.69, 9.17) is 0 Å². The van der Waals surface area contributed by atoms with Crippen LogP contribution >= 0.6 is 0 Å². The van der Waals surface area contributed by atoms with E-state index in [0.29, 0.717) is 12.8 Å². The molecule has 1 saturated carbocycles. The van der Waals surface area contributed by atoms with Gasteiger partial charge in [0.1, 0.15) is 11.8 Å². The minimum atomic E-state index is -0.740. The van der Waals surface area contributed by atoms with E-state index in [2.05, 4.69) is 21.1 Å². The molecule has 96 valence electrons. The zero-order valence-electron chi connectivity index (χ0n) is 10.3. The van der Waals surface area contributed by atoms with Crippen LogP contribution in [0.2, 0.25) is 0 Å². The van der Waals surface area contributed by atoms with Crippen LogP contribution in [0.5, 0.6) is 0 Å². The van der Waals surface area contributed by atoms with Crippen molar-refractivity contribution >= 4 is 5.91 Å². The van der Waals surface area contributed by atoms with Crippen LogP contribution in [-0.2, 0) is 0 Å². The molecule has 0 spiro atoms. The van der Waals surface area contributed by atoms with E-state index in [0.717, 1.165) is 25.7 Å². The smallest absolute Gasteiger partial charge is 0.274 e. The summed E-state index contributed by atoms with van der Waals surface area (Å²) in [5.74, 6) is -0.328. The van der Waals surface area contributed by atoms with Crippen molar-refractivity contribution in [3.63, 3.8) is 0 Å². The molecule has 5 heteroatoms. The SMILES string of the molecule is N#CC1(NC(=O)c2ccon2)CCCCCCC1. The maximum Gasteiger partial charge on any atom is 0.274 e. The Bertz CT molecular complexity index is 426. The van der Waals surface area contributed by atoms with E-state index in [1.165, 1.54) is 18.8 Å². The van der Waals surface area contributed by atoms with Crippen LogP contribution in [0.1, 0.15) is 55.4 Å². The number of carbonyl (C=O) groups is 1. The average molecular weight is 247 g/mol. The quantitative estimate of drug-likeness (QED) is 0.870. The van der Waals surface area contributed by atoms with Gasteiger partial charge in [-0.3, -0.25) is 4.79 Å². The molecule has 0 unspecified atom stereocenters. The molecule has 1 aliphatic rings. The van der Waals surface area contributed by atoms with Crippen molar-refractivity contribution in [3.8, 4) is 6.07 Å². The molecule has 0 bridgehead atoms.